The molecule has 0 heterocycles. The summed E-state index contributed by atoms with van der Waals surface area (Å²) in [6, 6.07) is 3.32. The number of hydrogen-bond acceptors (Lipinski definition) is 1. The van der Waals surface area contributed by atoms with E-state index in [-0.39, 0.29) is 18.8 Å². The lowest BCUT2D eigenvalue weighted by Gasteiger charge is -2.49. The summed E-state index contributed by atoms with van der Waals surface area (Å²) in [5, 5.41) is 0. The number of benzene rings is 1. The number of ether oxygens (including phenoxy) is 1. The standard InChI is InChI=1S/C28H31F17O/c1-2-3-4-5-6-10-17-46-19-13-11-18(12-14-19)20(15-8-7-9-16-20)21(29,30)22(31,32)23(33,34)24(35,36)25(37,38)26(39,40)27(41,42)28(43,44)45/h11-14H,2-10,15-17H2,1H3. The van der Waals surface area contributed by atoms with Crippen molar-refractivity contribution in [3.63, 3.8) is 0 Å². The van der Waals surface area contributed by atoms with Crippen LogP contribution >= 0.6 is 0 Å². The van der Waals surface area contributed by atoms with Crippen LogP contribution in [0.2, 0.25) is 0 Å². The summed E-state index contributed by atoms with van der Waals surface area (Å²) in [7, 11) is 0. The molecule has 46 heavy (non-hydrogen) atoms. The van der Waals surface area contributed by atoms with Gasteiger partial charge in [-0.05, 0) is 37.0 Å². The number of alkyl halides is 17. The molecule has 1 aromatic rings. The van der Waals surface area contributed by atoms with Crippen molar-refractivity contribution in [2.24, 2.45) is 0 Å². The molecule has 0 radical (unpaired) electrons. The Morgan fingerprint density at radius 2 is 0.935 bits per heavy atom. The van der Waals surface area contributed by atoms with E-state index in [4.69, 9.17) is 4.74 Å². The first-order valence-electron chi connectivity index (χ1n) is 14.2. The first-order chi connectivity index (χ1) is 20.7. The van der Waals surface area contributed by atoms with Crippen molar-refractivity contribution in [2.45, 2.75) is 131 Å². The first kappa shape index (κ1) is 40.0. The van der Waals surface area contributed by atoms with Crippen LogP contribution < -0.4 is 4.74 Å². The van der Waals surface area contributed by atoms with Crippen molar-refractivity contribution in [2.75, 3.05) is 6.61 Å². The first-order valence-corrected chi connectivity index (χ1v) is 14.2. The molecule has 0 bridgehead atoms. The Labute approximate surface area is 252 Å². The van der Waals surface area contributed by atoms with E-state index in [0.717, 1.165) is 44.2 Å². The van der Waals surface area contributed by atoms with E-state index in [2.05, 4.69) is 0 Å². The van der Waals surface area contributed by atoms with Gasteiger partial charge in [0.05, 0.1) is 12.0 Å². The third kappa shape index (κ3) is 6.35. The Balaban J connectivity index is 2.51. The van der Waals surface area contributed by atoms with Crippen LogP contribution in [-0.4, -0.2) is 54.2 Å². The Bertz CT molecular complexity index is 1120. The van der Waals surface area contributed by atoms with Crippen LogP contribution in [0.4, 0.5) is 74.6 Å². The molecule has 0 aromatic heterocycles. The van der Waals surface area contributed by atoms with Gasteiger partial charge in [-0.25, -0.2) is 0 Å². The van der Waals surface area contributed by atoms with Crippen LogP contribution in [-0.2, 0) is 5.41 Å². The highest BCUT2D eigenvalue weighted by molar-refractivity contribution is 5.37. The molecule has 0 spiro atoms. The van der Waals surface area contributed by atoms with Gasteiger partial charge in [-0.2, -0.15) is 74.6 Å². The molecule has 1 fully saturated rings. The molecule has 1 aliphatic rings. The second-order valence-electron chi connectivity index (χ2n) is 11.3. The van der Waals surface area contributed by atoms with Gasteiger partial charge < -0.3 is 4.74 Å². The van der Waals surface area contributed by atoms with Gasteiger partial charge in [0, 0.05) is 0 Å². The van der Waals surface area contributed by atoms with Crippen molar-refractivity contribution in [3.8, 4) is 5.75 Å². The van der Waals surface area contributed by atoms with Crippen LogP contribution in [0, 0.1) is 0 Å². The number of rotatable bonds is 16. The molecule has 18 heteroatoms. The fourth-order valence-corrected chi connectivity index (χ4v) is 5.35. The Morgan fingerprint density at radius 3 is 1.39 bits per heavy atom. The van der Waals surface area contributed by atoms with E-state index in [1.807, 2.05) is 6.92 Å². The molecule has 2 rings (SSSR count). The van der Waals surface area contributed by atoms with Crippen LogP contribution in [0.25, 0.3) is 0 Å². The van der Waals surface area contributed by atoms with E-state index in [1.165, 1.54) is 0 Å². The maximum Gasteiger partial charge on any atom is 0.460 e. The molecule has 0 unspecified atom stereocenters. The third-order valence-corrected chi connectivity index (χ3v) is 8.20. The predicted molar refractivity (Wildman–Crippen MR) is 131 cm³/mol. The number of unbranched alkanes of at least 4 members (excludes halogenated alkanes) is 5. The maximum atomic E-state index is 15.7. The number of hydrogen-bond donors (Lipinski definition) is 0. The van der Waals surface area contributed by atoms with Crippen LogP contribution in [0.15, 0.2) is 24.3 Å². The van der Waals surface area contributed by atoms with E-state index < -0.39 is 84.3 Å². The Morgan fingerprint density at radius 1 is 0.522 bits per heavy atom. The van der Waals surface area contributed by atoms with Gasteiger partial charge in [-0.1, -0.05) is 70.4 Å². The third-order valence-electron chi connectivity index (χ3n) is 8.20. The second kappa shape index (κ2) is 13.4. The minimum absolute atomic E-state index is 0.0114. The smallest absolute Gasteiger partial charge is 0.460 e. The summed E-state index contributed by atoms with van der Waals surface area (Å²) in [6.45, 7) is 2.13. The van der Waals surface area contributed by atoms with E-state index in [1.54, 1.807) is 0 Å². The van der Waals surface area contributed by atoms with Gasteiger partial charge in [0.25, 0.3) is 0 Å². The highest BCUT2D eigenvalue weighted by atomic mass is 19.4. The van der Waals surface area contributed by atoms with E-state index >= 15 is 17.6 Å². The zero-order valence-corrected chi connectivity index (χ0v) is 24.1. The van der Waals surface area contributed by atoms with Crippen molar-refractivity contribution in [1.82, 2.24) is 0 Å². The summed E-state index contributed by atoms with van der Waals surface area (Å²) in [5.74, 6) is -56.5. The fraction of sp³-hybridized carbons (Fsp3) is 0.786. The fourth-order valence-electron chi connectivity index (χ4n) is 5.35. The van der Waals surface area contributed by atoms with Crippen LogP contribution in [0.3, 0.4) is 0 Å². The molecule has 0 aliphatic heterocycles. The average molecular weight is 707 g/mol. The van der Waals surface area contributed by atoms with Crippen LogP contribution in [0.5, 0.6) is 5.75 Å². The number of halogens is 17. The summed E-state index contributed by atoms with van der Waals surface area (Å²) < 4.78 is 243. The topological polar surface area (TPSA) is 9.23 Å². The van der Waals surface area contributed by atoms with E-state index in [9.17, 15) is 57.1 Å². The second-order valence-corrected chi connectivity index (χ2v) is 11.3. The van der Waals surface area contributed by atoms with Gasteiger partial charge in [-0.15, -0.1) is 0 Å². The molecular weight excluding hydrogens is 675 g/mol. The maximum absolute atomic E-state index is 15.7. The molecule has 0 N–H and O–H groups in total. The SMILES string of the molecule is CCCCCCCCOc1ccc(C2(C(F)(F)C(F)(F)C(F)(F)C(F)(F)C(F)(F)C(F)(F)C(F)(F)C(F)(F)F)CCCCC2)cc1. The molecular formula is C28H31F17O. The minimum atomic E-state index is -8.64. The zero-order valence-electron chi connectivity index (χ0n) is 24.1. The van der Waals surface area contributed by atoms with E-state index in [0.29, 0.717) is 18.6 Å². The lowest BCUT2D eigenvalue weighted by Crippen LogP contribution is -2.76. The monoisotopic (exact) mass is 706 g/mol. The van der Waals surface area contributed by atoms with Crippen molar-refractivity contribution < 1.29 is 79.4 Å². The van der Waals surface area contributed by atoms with Crippen molar-refractivity contribution in [3.05, 3.63) is 29.8 Å². The summed E-state index contributed by atoms with van der Waals surface area (Å²) in [6.07, 6.45) is -5.69. The quantitative estimate of drug-likeness (QED) is 0.123. The molecule has 1 saturated carbocycles. The molecule has 0 amide bonds. The largest absolute Gasteiger partial charge is 0.494 e. The van der Waals surface area contributed by atoms with Crippen molar-refractivity contribution >= 4 is 0 Å². The molecule has 0 atom stereocenters. The zero-order chi connectivity index (χ0) is 35.7. The highest BCUT2D eigenvalue weighted by Crippen LogP contribution is 2.67. The molecule has 1 nitrogen and oxygen atoms in total. The lowest BCUT2D eigenvalue weighted by atomic mass is 9.62. The molecule has 1 aromatic carbocycles. The summed E-state index contributed by atoms with van der Waals surface area (Å²) in [5.41, 5.74) is -4.41. The normalized spacial score (nSPS) is 17.7. The van der Waals surface area contributed by atoms with Gasteiger partial charge in [0.2, 0.25) is 0 Å². The molecule has 0 saturated heterocycles. The highest BCUT2D eigenvalue weighted by Gasteiger charge is 2.96. The lowest BCUT2D eigenvalue weighted by molar-refractivity contribution is -0.464. The van der Waals surface area contributed by atoms with Gasteiger partial charge >= 0.3 is 47.6 Å². The predicted octanol–water partition coefficient (Wildman–Crippen LogP) is 11.6. The summed E-state index contributed by atoms with van der Waals surface area (Å²) >= 11 is 0. The minimum Gasteiger partial charge on any atom is -0.494 e. The van der Waals surface area contributed by atoms with Gasteiger partial charge in [0.15, 0.2) is 0 Å². The Kier molecular flexibility index (Phi) is 11.6. The van der Waals surface area contributed by atoms with Gasteiger partial charge in [0.1, 0.15) is 5.75 Å². The summed E-state index contributed by atoms with van der Waals surface area (Å²) in [4.78, 5) is 0. The van der Waals surface area contributed by atoms with Gasteiger partial charge in [-0.3, -0.25) is 0 Å². The molecule has 1 aliphatic carbocycles. The van der Waals surface area contributed by atoms with Crippen LogP contribution in [0.1, 0.15) is 83.1 Å². The average Bonchev–Trinajstić information content (AvgIpc) is 2.96. The van der Waals surface area contributed by atoms with Crippen molar-refractivity contribution in [1.29, 1.82) is 0 Å². The molecule has 268 valence electrons. The Hall–Kier alpha value is -2.17.